The SMILES string of the molecule is CC(C)(CCNCC1CCC2(CCCC2)O1)CCC(=O)O. The summed E-state index contributed by atoms with van der Waals surface area (Å²) in [7, 11) is 0. The highest BCUT2D eigenvalue weighted by Crippen LogP contribution is 2.43. The van der Waals surface area contributed by atoms with Gasteiger partial charge in [-0.25, -0.2) is 0 Å². The van der Waals surface area contributed by atoms with Crippen LogP contribution in [0.15, 0.2) is 0 Å². The predicted octanol–water partition coefficient (Wildman–Crippen LogP) is 3.35. The van der Waals surface area contributed by atoms with E-state index in [4.69, 9.17) is 9.84 Å². The molecule has 1 spiro atoms. The van der Waals surface area contributed by atoms with Gasteiger partial charge in [-0.15, -0.1) is 0 Å². The Morgan fingerprint density at radius 2 is 2.00 bits per heavy atom. The molecule has 4 nitrogen and oxygen atoms in total. The Morgan fingerprint density at radius 1 is 1.29 bits per heavy atom. The molecule has 2 aliphatic rings. The van der Waals surface area contributed by atoms with E-state index in [-0.39, 0.29) is 17.4 Å². The molecule has 0 aromatic rings. The Balaban J connectivity index is 1.58. The van der Waals surface area contributed by atoms with E-state index in [1.54, 1.807) is 0 Å². The second-order valence-electron chi connectivity index (χ2n) is 7.68. The Hall–Kier alpha value is -0.610. The Bertz CT molecular complexity index is 348. The van der Waals surface area contributed by atoms with Gasteiger partial charge in [0.2, 0.25) is 0 Å². The second kappa shape index (κ2) is 7.10. The van der Waals surface area contributed by atoms with Crippen molar-refractivity contribution in [2.75, 3.05) is 13.1 Å². The lowest BCUT2D eigenvalue weighted by atomic mass is 9.84. The topological polar surface area (TPSA) is 58.6 Å². The van der Waals surface area contributed by atoms with Gasteiger partial charge in [0.1, 0.15) is 0 Å². The number of carbonyl (C=O) groups is 1. The molecule has 0 amide bonds. The lowest BCUT2D eigenvalue weighted by molar-refractivity contribution is -0.137. The summed E-state index contributed by atoms with van der Waals surface area (Å²) in [6.45, 7) is 6.19. The zero-order chi connectivity index (χ0) is 15.3. The molecule has 0 bridgehead atoms. The summed E-state index contributed by atoms with van der Waals surface area (Å²) in [6.07, 6.45) is 10.0. The van der Waals surface area contributed by atoms with Crippen LogP contribution in [0.1, 0.15) is 71.6 Å². The van der Waals surface area contributed by atoms with E-state index in [9.17, 15) is 4.79 Å². The molecule has 1 aliphatic carbocycles. The Labute approximate surface area is 128 Å². The number of nitrogens with one attached hydrogen (secondary N) is 1. The molecule has 2 rings (SSSR count). The summed E-state index contributed by atoms with van der Waals surface area (Å²) in [6, 6.07) is 0. The van der Waals surface area contributed by atoms with Crippen LogP contribution in [-0.2, 0) is 9.53 Å². The van der Waals surface area contributed by atoms with Gasteiger partial charge in [-0.2, -0.15) is 0 Å². The molecular formula is C17H31NO3. The minimum atomic E-state index is -0.697. The largest absolute Gasteiger partial charge is 0.481 e. The third kappa shape index (κ3) is 5.26. The fraction of sp³-hybridized carbons (Fsp3) is 0.941. The summed E-state index contributed by atoms with van der Waals surface area (Å²) in [5.41, 5.74) is 0.321. The number of carboxylic acid groups (broad SMARTS) is 1. The van der Waals surface area contributed by atoms with Crippen LogP contribution in [-0.4, -0.2) is 35.9 Å². The minimum absolute atomic E-state index is 0.0919. The Kier molecular flexibility index (Phi) is 5.67. The number of aliphatic carboxylic acids is 1. The first-order chi connectivity index (χ1) is 9.91. The van der Waals surface area contributed by atoms with Crippen molar-refractivity contribution in [1.29, 1.82) is 0 Å². The van der Waals surface area contributed by atoms with Gasteiger partial charge in [-0.1, -0.05) is 26.7 Å². The maximum Gasteiger partial charge on any atom is 0.303 e. The normalized spacial score (nSPS) is 24.8. The van der Waals surface area contributed by atoms with E-state index in [1.807, 2.05) is 0 Å². The van der Waals surface area contributed by atoms with Crippen LogP contribution in [0.3, 0.4) is 0 Å². The second-order valence-corrected chi connectivity index (χ2v) is 7.68. The van der Waals surface area contributed by atoms with Gasteiger partial charge in [-0.05, 0) is 50.5 Å². The van der Waals surface area contributed by atoms with Gasteiger partial charge < -0.3 is 15.2 Å². The average molecular weight is 297 g/mol. The standard InChI is InChI=1S/C17H31NO3/c1-16(2,9-6-15(19)20)11-12-18-13-14-5-10-17(21-14)7-3-4-8-17/h14,18H,3-13H2,1-2H3,(H,19,20). The van der Waals surface area contributed by atoms with E-state index < -0.39 is 5.97 Å². The quantitative estimate of drug-likeness (QED) is 0.675. The number of carboxylic acids is 1. The first-order valence-corrected chi connectivity index (χ1v) is 8.51. The smallest absolute Gasteiger partial charge is 0.303 e. The van der Waals surface area contributed by atoms with Crippen molar-refractivity contribution in [2.45, 2.75) is 83.3 Å². The molecule has 0 aromatic heterocycles. The number of rotatable bonds is 8. The molecule has 0 radical (unpaired) electrons. The van der Waals surface area contributed by atoms with Crippen LogP contribution in [0.2, 0.25) is 0 Å². The van der Waals surface area contributed by atoms with Crippen molar-refractivity contribution >= 4 is 5.97 Å². The molecule has 0 aromatic carbocycles. The van der Waals surface area contributed by atoms with Gasteiger partial charge in [-0.3, -0.25) is 4.79 Å². The molecule has 122 valence electrons. The fourth-order valence-electron chi connectivity index (χ4n) is 3.69. The number of ether oxygens (including phenoxy) is 1. The average Bonchev–Trinajstić information content (AvgIpc) is 3.04. The van der Waals surface area contributed by atoms with Gasteiger partial charge in [0, 0.05) is 13.0 Å². The van der Waals surface area contributed by atoms with Crippen LogP contribution in [0.5, 0.6) is 0 Å². The van der Waals surface area contributed by atoms with Crippen molar-refractivity contribution in [3.05, 3.63) is 0 Å². The van der Waals surface area contributed by atoms with Gasteiger partial charge in [0.25, 0.3) is 0 Å². The highest BCUT2D eigenvalue weighted by Gasteiger charge is 2.41. The molecule has 4 heteroatoms. The van der Waals surface area contributed by atoms with Crippen molar-refractivity contribution < 1.29 is 14.6 Å². The molecule has 1 heterocycles. The van der Waals surface area contributed by atoms with Crippen LogP contribution >= 0.6 is 0 Å². The third-order valence-electron chi connectivity index (χ3n) is 5.22. The molecule has 1 aliphatic heterocycles. The van der Waals surface area contributed by atoms with E-state index in [0.717, 1.165) is 25.9 Å². The highest BCUT2D eigenvalue weighted by atomic mass is 16.5. The first-order valence-electron chi connectivity index (χ1n) is 8.51. The van der Waals surface area contributed by atoms with E-state index in [0.29, 0.717) is 6.10 Å². The van der Waals surface area contributed by atoms with Crippen LogP contribution < -0.4 is 5.32 Å². The molecular weight excluding hydrogens is 266 g/mol. The van der Waals surface area contributed by atoms with Crippen LogP contribution in [0.25, 0.3) is 0 Å². The van der Waals surface area contributed by atoms with Gasteiger partial charge >= 0.3 is 5.97 Å². The monoisotopic (exact) mass is 297 g/mol. The maximum atomic E-state index is 10.6. The van der Waals surface area contributed by atoms with Crippen LogP contribution in [0.4, 0.5) is 0 Å². The first kappa shape index (κ1) is 16.8. The summed E-state index contributed by atoms with van der Waals surface area (Å²) in [5, 5.41) is 12.3. The molecule has 1 atom stereocenters. The zero-order valence-electron chi connectivity index (χ0n) is 13.6. The zero-order valence-corrected chi connectivity index (χ0v) is 13.6. The van der Waals surface area contributed by atoms with Gasteiger partial charge in [0.15, 0.2) is 0 Å². The molecule has 1 unspecified atom stereocenters. The summed E-state index contributed by atoms with van der Waals surface area (Å²) >= 11 is 0. The third-order valence-corrected chi connectivity index (χ3v) is 5.22. The van der Waals surface area contributed by atoms with Crippen molar-refractivity contribution in [2.24, 2.45) is 5.41 Å². The summed E-state index contributed by atoms with van der Waals surface area (Å²) in [4.78, 5) is 10.6. The van der Waals surface area contributed by atoms with E-state index in [2.05, 4.69) is 19.2 Å². The summed E-state index contributed by atoms with van der Waals surface area (Å²) < 4.78 is 6.28. The molecule has 2 fully saturated rings. The van der Waals surface area contributed by atoms with Crippen molar-refractivity contribution in [3.63, 3.8) is 0 Å². The van der Waals surface area contributed by atoms with E-state index >= 15 is 0 Å². The summed E-state index contributed by atoms with van der Waals surface area (Å²) in [5.74, 6) is -0.697. The lowest BCUT2D eigenvalue weighted by Gasteiger charge is -2.25. The molecule has 1 saturated heterocycles. The Morgan fingerprint density at radius 3 is 2.67 bits per heavy atom. The maximum absolute atomic E-state index is 10.6. The number of hydrogen-bond donors (Lipinski definition) is 2. The molecule has 1 saturated carbocycles. The predicted molar refractivity (Wildman–Crippen MR) is 83.4 cm³/mol. The van der Waals surface area contributed by atoms with Crippen LogP contribution in [0, 0.1) is 5.41 Å². The van der Waals surface area contributed by atoms with Crippen molar-refractivity contribution in [3.8, 4) is 0 Å². The highest BCUT2D eigenvalue weighted by molar-refractivity contribution is 5.66. The minimum Gasteiger partial charge on any atom is -0.481 e. The fourth-order valence-corrected chi connectivity index (χ4v) is 3.69. The lowest BCUT2D eigenvalue weighted by Crippen LogP contribution is -2.32. The molecule has 2 N–H and O–H groups in total. The molecule has 21 heavy (non-hydrogen) atoms. The number of hydrogen-bond acceptors (Lipinski definition) is 3. The van der Waals surface area contributed by atoms with E-state index in [1.165, 1.54) is 38.5 Å². The van der Waals surface area contributed by atoms with Gasteiger partial charge in [0.05, 0.1) is 11.7 Å². The van der Waals surface area contributed by atoms with Crippen molar-refractivity contribution in [1.82, 2.24) is 5.32 Å².